The van der Waals surface area contributed by atoms with Gasteiger partial charge in [-0.05, 0) is 6.42 Å². The molecular weight excluding hydrogens is 264 g/mol. The van der Waals surface area contributed by atoms with E-state index >= 15 is 0 Å². The van der Waals surface area contributed by atoms with Crippen molar-refractivity contribution < 1.29 is 14.6 Å². The first-order valence-corrected chi connectivity index (χ1v) is 6.38. The van der Waals surface area contributed by atoms with E-state index in [1.165, 1.54) is 16.8 Å². The smallest absolute Gasteiger partial charge is 0.330 e. The van der Waals surface area contributed by atoms with Crippen molar-refractivity contribution in [2.45, 2.75) is 25.7 Å². The molecule has 0 radical (unpaired) electrons. The second kappa shape index (κ2) is 8.47. The molecule has 2 unspecified atom stereocenters. The van der Waals surface area contributed by atoms with E-state index in [9.17, 15) is 14.7 Å². The molecule has 1 aromatic rings. The molecule has 7 nitrogen and oxygen atoms in total. The fourth-order valence-corrected chi connectivity index (χ4v) is 1.58. The molecule has 0 aromatic carbocycles. The Morgan fingerprint density at radius 3 is 2.85 bits per heavy atom. The molecule has 0 aliphatic rings. The fraction of sp³-hybridized carbons (Fsp3) is 0.538. The van der Waals surface area contributed by atoms with Crippen LogP contribution in [0.15, 0.2) is 34.5 Å². The quantitative estimate of drug-likeness (QED) is 0.493. The number of aromatic amines is 1. The lowest BCUT2D eigenvalue weighted by Gasteiger charge is -2.24. The van der Waals surface area contributed by atoms with Crippen LogP contribution in [0.2, 0.25) is 0 Å². The van der Waals surface area contributed by atoms with Gasteiger partial charge in [-0.2, -0.15) is 0 Å². The highest BCUT2D eigenvalue weighted by atomic mass is 16.6. The number of hydrogen-bond donors (Lipinski definition) is 2. The molecule has 20 heavy (non-hydrogen) atoms. The van der Waals surface area contributed by atoms with E-state index in [4.69, 9.17) is 9.47 Å². The number of aliphatic hydroxyl groups is 1. The predicted molar refractivity (Wildman–Crippen MR) is 73.6 cm³/mol. The molecule has 1 rings (SSSR count). The minimum Gasteiger partial charge on any atom is -0.394 e. The van der Waals surface area contributed by atoms with Crippen molar-refractivity contribution in [3.05, 3.63) is 45.8 Å². The highest BCUT2D eigenvalue weighted by molar-refractivity contribution is 4.84. The zero-order chi connectivity index (χ0) is 15.0. The summed E-state index contributed by atoms with van der Waals surface area (Å²) in [7, 11) is 0. The van der Waals surface area contributed by atoms with Gasteiger partial charge < -0.3 is 14.6 Å². The minimum atomic E-state index is -0.726. The number of H-pyrrole nitrogens is 1. The second-order valence-electron chi connectivity index (χ2n) is 4.15. The van der Waals surface area contributed by atoms with Crippen molar-refractivity contribution in [2.75, 3.05) is 19.8 Å². The molecule has 1 heterocycles. The molecule has 2 atom stereocenters. The van der Waals surface area contributed by atoms with Gasteiger partial charge in [0.25, 0.3) is 5.56 Å². The first-order chi connectivity index (χ1) is 9.62. The standard InChI is InChI=1S/C13H20N2O5/c1-3-7-19-9-12(20-10(4-2)8-16)15-6-5-11(17)14-13(15)18/h3,5-6,10,12,16H,1,4,7-9H2,2H3,(H,14,17,18). The van der Waals surface area contributed by atoms with Crippen molar-refractivity contribution >= 4 is 0 Å². The van der Waals surface area contributed by atoms with Crippen LogP contribution in [0.5, 0.6) is 0 Å². The lowest BCUT2D eigenvalue weighted by atomic mass is 10.3. The maximum absolute atomic E-state index is 11.8. The topological polar surface area (TPSA) is 93.5 Å². The van der Waals surface area contributed by atoms with Gasteiger partial charge in [0.15, 0.2) is 6.23 Å². The summed E-state index contributed by atoms with van der Waals surface area (Å²) in [4.78, 5) is 25.0. The van der Waals surface area contributed by atoms with Gasteiger partial charge in [-0.3, -0.25) is 14.3 Å². The lowest BCUT2D eigenvalue weighted by molar-refractivity contribution is -0.109. The van der Waals surface area contributed by atoms with Gasteiger partial charge in [0.2, 0.25) is 0 Å². The Bertz CT molecular complexity index is 518. The van der Waals surface area contributed by atoms with E-state index < -0.39 is 23.6 Å². The van der Waals surface area contributed by atoms with Gasteiger partial charge in [-0.15, -0.1) is 6.58 Å². The summed E-state index contributed by atoms with van der Waals surface area (Å²) in [5.41, 5.74) is -1.07. The van der Waals surface area contributed by atoms with Gasteiger partial charge in [0, 0.05) is 12.3 Å². The molecule has 1 aromatic heterocycles. The molecule has 0 bridgehead atoms. The molecule has 0 aliphatic heterocycles. The Morgan fingerprint density at radius 1 is 1.55 bits per heavy atom. The average Bonchev–Trinajstić information content (AvgIpc) is 2.43. The number of ether oxygens (including phenoxy) is 2. The highest BCUT2D eigenvalue weighted by Crippen LogP contribution is 2.11. The Hall–Kier alpha value is -1.70. The predicted octanol–water partition coefficient (Wildman–Crippen LogP) is 0.0253. The largest absolute Gasteiger partial charge is 0.394 e. The number of hydrogen-bond acceptors (Lipinski definition) is 5. The zero-order valence-electron chi connectivity index (χ0n) is 11.4. The van der Waals surface area contributed by atoms with Crippen LogP contribution in [-0.4, -0.2) is 40.6 Å². The Balaban J connectivity index is 2.92. The van der Waals surface area contributed by atoms with E-state index in [2.05, 4.69) is 11.6 Å². The monoisotopic (exact) mass is 284 g/mol. The Kier molecular flexibility index (Phi) is 6.92. The van der Waals surface area contributed by atoms with Crippen molar-refractivity contribution in [3.8, 4) is 0 Å². The molecule has 0 fully saturated rings. The Morgan fingerprint density at radius 2 is 2.30 bits per heavy atom. The summed E-state index contributed by atoms with van der Waals surface area (Å²) in [6.07, 6.45) is 2.37. The summed E-state index contributed by atoms with van der Waals surface area (Å²) < 4.78 is 12.2. The molecule has 0 amide bonds. The lowest BCUT2D eigenvalue weighted by Crippen LogP contribution is -2.36. The van der Waals surface area contributed by atoms with E-state index in [0.29, 0.717) is 13.0 Å². The first-order valence-electron chi connectivity index (χ1n) is 6.38. The van der Waals surface area contributed by atoms with Crippen LogP contribution in [0.3, 0.4) is 0 Å². The third kappa shape index (κ3) is 4.76. The molecule has 0 saturated carbocycles. The maximum Gasteiger partial charge on any atom is 0.330 e. The number of aromatic nitrogens is 2. The van der Waals surface area contributed by atoms with E-state index in [1.807, 2.05) is 6.92 Å². The van der Waals surface area contributed by atoms with Crippen LogP contribution in [-0.2, 0) is 9.47 Å². The van der Waals surface area contributed by atoms with Crippen LogP contribution in [0.1, 0.15) is 19.6 Å². The summed E-state index contributed by atoms with van der Waals surface area (Å²) in [5.74, 6) is 0. The number of rotatable bonds is 9. The summed E-state index contributed by atoms with van der Waals surface area (Å²) in [6.45, 7) is 5.65. The van der Waals surface area contributed by atoms with Crippen LogP contribution in [0.25, 0.3) is 0 Å². The van der Waals surface area contributed by atoms with Crippen molar-refractivity contribution in [3.63, 3.8) is 0 Å². The van der Waals surface area contributed by atoms with Gasteiger partial charge in [0.05, 0.1) is 25.9 Å². The summed E-state index contributed by atoms with van der Waals surface area (Å²) >= 11 is 0. The molecule has 7 heteroatoms. The van der Waals surface area contributed by atoms with Crippen LogP contribution in [0.4, 0.5) is 0 Å². The van der Waals surface area contributed by atoms with Crippen molar-refractivity contribution in [1.29, 1.82) is 0 Å². The Labute approximate surface area is 116 Å². The zero-order valence-corrected chi connectivity index (χ0v) is 11.4. The normalized spacial score (nSPS) is 13.9. The fourth-order valence-electron chi connectivity index (χ4n) is 1.58. The molecule has 0 aliphatic carbocycles. The van der Waals surface area contributed by atoms with Gasteiger partial charge in [-0.1, -0.05) is 13.0 Å². The third-order valence-electron chi connectivity index (χ3n) is 2.67. The van der Waals surface area contributed by atoms with E-state index in [-0.39, 0.29) is 13.2 Å². The molecular formula is C13H20N2O5. The van der Waals surface area contributed by atoms with Crippen LogP contribution in [0, 0.1) is 0 Å². The average molecular weight is 284 g/mol. The van der Waals surface area contributed by atoms with E-state index in [0.717, 1.165) is 0 Å². The second-order valence-corrected chi connectivity index (χ2v) is 4.15. The molecule has 0 spiro atoms. The van der Waals surface area contributed by atoms with Crippen LogP contribution >= 0.6 is 0 Å². The van der Waals surface area contributed by atoms with Crippen molar-refractivity contribution in [1.82, 2.24) is 9.55 Å². The van der Waals surface area contributed by atoms with E-state index in [1.54, 1.807) is 6.08 Å². The van der Waals surface area contributed by atoms with Gasteiger partial charge >= 0.3 is 5.69 Å². The number of aliphatic hydroxyl groups excluding tert-OH is 1. The summed E-state index contributed by atoms with van der Waals surface area (Å²) in [6, 6.07) is 1.23. The van der Waals surface area contributed by atoms with Gasteiger partial charge in [-0.25, -0.2) is 4.79 Å². The SMILES string of the molecule is C=CCOCC(OC(CC)CO)n1ccc(=O)[nH]c1=O. The third-order valence-corrected chi connectivity index (χ3v) is 2.67. The molecule has 2 N–H and O–H groups in total. The number of nitrogens with one attached hydrogen (secondary N) is 1. The minimum absolute atomic E-state index is 0.106. The first kappa shape index (κ1) is 16.4. The van der Waals surface area contributed by atoms with Crippen LogP contribution < -0.4 is 11.2 Å². The van der Waals surface area contributed by atoms with Crippen molar-refractivity contribution in [2.24, 2.45) is 0 Å². The molecule has 112 valence electrons. The maximum atomic E-state index is 11.8. The van der Waals surface area contributed by atoms with Gasteiger partial charge in [0.1, 0.15) is 0 Å². The molecule has 0 saturated heterocycles. The number of nitrogens with zero attached hydrogens (tertiary/aromatic N) is 1. The summed E-state index contributed by atoms with van der Waals surface area (Å²) in [5, 5.41) is 9.18. The highest BCUT2D eigenvalue weighted by Gasteiger charge is 2.18.